The zero-order valence-corrected chi connectivity index (χ0v) is 11.0. The molecule has 0 spiro atoms. The Kier molecular flexibility index (Phi) is 2.93. The second-order valence-electron chi connectivity index (χ2n) is 4.99. The SMILES string of the molecule is CC1Cc2ccccc2N1c1c(F)cccc1C(=O)O. The van der Waals surface area contributed by atoms with Gasteiger partial charge in [-0.25, -0.2) is 9.18 Å². The highest BCUT2D eigenvalue weighted by Crippen LogP contribution is 2.40. The molecule has 1 heterocycles. The van der Waals surface area contributed by atoms with Gasteiger partial charge in [-0.15, -0.1) is 0 Å². The van der Waals surface area contributed by atoms with Gasteiger partial charge < -0.3 is 10.0 Å². The summed E-state index contributed by atoms with van der Waals surface area (Å²) in [5.74, 6) is -1.62. The molecule has 1 N–H and O–H groups in total. The molecular formula is C16H14FNO2. The summed E-state index contributed by atoms with van der Waals surface area (Å²) in [4.78, 5) is 13.1. The molecule has 102 valence electrons. The number of nitrogens with zero attached hydrogens (tertiary/aromatic N) is 1. The summed E-state index contributed by atoms with van der Waals surface area (Å²) in [6.07, 6.45) is 0.781. The van der Waals surface area contributed by atoms with E-state index in [-0.39, 0.29) is 17.3 Å². The quantitative estimate of drug-likeness (QED) is 0.907. The first-order valence-electron chi connectivity index (χ1n) is 6.48. The van der Waals surface area contributed by atoms with Crippen molar-refractivity contribution in [2.45, 2.75) is 19.4 Å². The van der Waals surface area contributed by atoms with Gasteiger partial charge in [0, 0.05) is 11.7 Å². The first-order chi connectivity index (χ1) is 9.59. The highest BCUT2D eigenvalue weighted by Gasteiger charge is 2.31. The monoisotopic (exact) mass is 271 g/mol. The van der Waals surface area contributed by atoms with E-state index in [2.05, 4.69) is 0 Å². The average molecular weight is 271 g/mol. The van der Waals surface area contributed by atoms with Crippen LogP contribution in [0, 0.1) is 5.82 Å². The molecule has 20 heavy (non-hydrogen) atoms. The second kappa shape index (κ2) is 4.63. The molecule has 0 aromatic heterocycles. The van der Waals surface area contributed by atoms with Gasteiger partial charge in [0.05, 0.1) is 11.3 Å². The lowest BCUT2D eigenvalue weighted by Gasteiger charge is -2.26. The Hall–Kier alpha value is -2.36. The standard InChI is InChI=1S/C16H14FNO2/c1-10-9-11-5-2-3-8-14(11)18(10)15-12(16(19)20)6-4-7-13(15)17/h2-8,10H,9H2,1H3,(H,19,20). The van der Waals surface area contributed by atoms with Crippen LogP contribution in [-0.4, -0.2) is 17.1 Å². The molecule has 0 bridgehead atoms. The minimum absolute atomic E-state index is 0.00597. The van der Waals surface area contributed by atoms with Crippen molar-refractivity contribution in [1.82, 2.24) is 0 Å². The molecule has 0 fully saturated rings. The van der Waals surface area contributed by atoms with Gasteiger partial charge in [0.2, 0.25) is 0 Å². The first-order valence-corrected chi connectivity index (χ1v) is 6.48. The van der Waals surface area contributed by atoms with Gasteiger partial charge in [-0.05, 0) is 37.1 Å². The maximum atomic E-state index is 14.2. The topological polar surface area (TPSA) is 40.5 Å². The Morgan fingerprint density at radius 3 is 2.75 bits per heavy atom. The lowest BCUT2D eigenvalue weighted by Crippen LogP contribution is -2.26. The Bertz CT molecular complexity index is 684. The zero-order chi connectivity index (χ0) is 14.3. The predicted molar refractivity (Wildman–Crippen MR) is 75.1 cm³/mol. The van der Waals surface area contributed by atoms with Crippen LogP contribution in [0.25, 0.3) is 0 Å². The molecule has 0 saturated heterocycles. The molecule has 4 heteroatoms. The lowest BCUT2D eigenvalue weighted by molar-refractivity contribution is 0.0697. The van der Waals surface area contributed by atoms with Crippen molar-refractivity contribution in [3.63, 3.8) is 0 Å². The molecule has 3 rings (SSSR count). The number of benzene rings is 2. The Morgan fingerprint density at radius 1 is 1.25 bits per heavy atom. The van der Waals surface area contributed by atoms with Crippen molar-refractivity contribution in [2.75, 3.05) is 4.90 Å². The number of fused-ring (bicyclic) bond motifs is 1. The number of para-hydroxylation sites is 2. The summed E-state index contributed by atoms with van der Waals surface area (Å²) >= 11 is 0. The van der Waals surface area contributed by atoms with Crippen LogP contribution in [-0.2, 0) is 6.42 Å². The number of hydrogen-bond acceptors (Lipinski definition) is 2. The third-order valence-corrected chi connectivity index (χ3v) is 3.67. The van der Waals surface area contributed by atoms with Crippen LogP contribution in [0.15, 0.2) is 42.5 Å². The number of hydrogen-bond donors (Lipinski definition) is 1. The van der Waals surface area contributed by atoms with Crippen molar-refractivity contribution in [1.29, 1.82) is 0 Å². The molecule has 1 atom stereocenters. The molecule has 1 unspecified atom stereocenters. The summed E-state index contributed by atoms with van der Waals surface area (Å²) < 4.78 is 14.2. The third kappa shape index (κ3) is 1.84. The van der Waals surface area contributed by atoms with E-state index in [0.29, 0.717) is 0 Å². The fourth-order valence-corrected chi connectivity index (χ4v) is 2.84. The highest BCUT2D eigenvalue weighted by molar-refractivity contribution is 5.96. The number of aromatic carboxylic acids is 1. The average Bonchev–Trinajstić information content (AvgIpc) is 2.74. The summed E-state index contributed by atoms with van der Waals surface area (Å²) in [6, 6.07) is 11.9. The van der Waals surface area contributed by atoms with E-state index in [9.17, 15) is 14.3 Å². The molecule has 0 radical (unpaired) electrons. The minimum Gasteiger partial charge on any atom is -0.478 e. The maximum Gasteiger partial charge on any atom is 0.337 e. The molecule has 0 saturated carbocycles. The number of halogens is 1. The van der Waals surface area contributed by atoms with Crippen LogP contribution >= 0.6 is 0 Å². The molecule has 0 aliphatic carbocycles. The molecule has 1 aliphatic heterocycles. The van der Waals surface area contributed by atoms with Crippen LogP contribution in [0.2, 0.25) is 0 Å². The molecule has 1 aliphatic rings. The normalized spacial score (nSPS) is 17.1. The Morgan fingerprint density at radius 2 is 2.00 bits per heavy atom. The molecule has 2 aromatic rings. The van der Waals surface area contributed by atoms with E-state index in [1.165, 1.54) is 18.2 Å². The van der Waals surface area contributed by atoms with Crippen LogP contribution in [0.5, 0.6) is 0 Å². The van der Waals surface area contributed by atoms with Gasteiger partial charge >= 0.3 is 5.97 Å². The van der Waals surface area contributed by atoms with E-state index >= 15 is 0 Å². The summed E-state index contributed by atoms with van der Waals surface area (Å²) in [5, 5.41) is 9.29. The third-order valence-electron chi connectivity index (χ3n) is 3.67. The summed E-state index contributed by atoms with van der Waals surface area (Å²) in [6.45, 7) is 1.97. The van der Waals surface area contributed by atoms with E-state index in [0.717, 1.165) is 17.7 Å². The number of anilines is 2. The Balaban J connectivity index is 2.22. The molecule has 3 nitrogen and oxygen atoms in total. The van der Waals surface area contributed by atoms with E-state index in [4.69, 9.17) is 0 Å². The van der Waals surface area contributed by atoms with Crippen LogP contribution < -0.4 is 4.90 Å². The largest absolute Gasteiger partial charge is 0.478 e. The second-order valence-corrected chi connectivity index (χ2v) is 4.99. The predicted octanol–water partition coefficient (Wildman–Crippen LogP) is 3.61. The molecule has 2 aromatic carbocycles. The fraction of sp³-hybridized carbons (Fsp3) is 0.188. The van der Waals surface area contributed by atoms with Gasteiger partial charge in [-0.3, -0.25) is 0 Å². The van der Waals surface area contributed by atoms with Crippen LogP contribution in [0.3, 0.4) is 0 Å². The lowest BCUT2D eigenvalue weighted by atomic mass is 10.1. The van der Waals surface area contributed by atoms with Gasteiger partial charge in [-0.1, -0.05) is 24.3 Å². The van der Waals surface area contributed by atoms with Crippen LogP contribution in [0.4, 0.5) is 15.8 Å². The molecule has 0 amide bonds. The van der Waals surface area contributed by atoms with Gasteiger partial charge in [-0.2, -0.15) is 0 Å². The van der Waals surface area contributed by atoms with Gasteiger partial charge in [0.1, 0.15) is 5.82 Å². The highest BCUT2D eigenvalue weighted by atomic mass is 19.1. The minimum atomic E-state index is -1.11. The smallest absolute Gasteiger partial charge is 0.337 e. The summed E-state index contributed by atoms with van der Waals surface area (Å²) in [5.41, 5.74) is 2.14. The first kappa shape index (κ1) is 12.7. The number of carboxylic acids is 1. The van der Waals surface area contributed by atoms with E-state index < -0.39 is 11.8 Å². The fourth-order valence-electron chi connectivity index (χ4n) is 2.84. The van der Waals surface area contributed by atoms with Gasteiger partial charge in [0.15, 0.2) is 0 Å². The van der Waals surface area contributed by atoms with Gasteiger partial charge in [0.25, 0.3) is 0 Å². The Labute approximate surface area is 116 Å². The summed E-state index contributed by atoms with van der Waals surface area (Å²) in [7, 11) is 0. The number of carbonyl (C=O) groups is 1. The van der Waals surface area contributed by atoms with Crippen molar-refractivity contribution in [3.8, 4) is 0 Å². The van der Waals surface area contributed by atoms with Crippen molar-refractivity contribution >= 4 is 17.3 Å². The zero-order valence-electron chi connectivity index (χ0n) is 11.0. The van der Waals surface area contributed by atoms with Crippen molar-refractivity contribution in [2.24, 2.45) is 0 Å². The van der Waals surface area contributed by atoms with E-state index in [1.54, 1.807) is 4.90 Å². The van der Waals surface area contributed by atoms with Crippen molar-refractivity contribution in [3.05, 3.63) is 59.4 Å². The van der Waals surface area contributed by atoms with Crippen LogP contribution in [0.1, 0.15) is 22.8 Å². The van der Waals surface area contributed by atoms with Crippen molar-refractivity contribution < 1.29 is 14.3 Å². The van der Waals surface area contributed by atoms with E-state index in [1.807, 2.05) is 31.2 Å². The maximum absolute atomic E-state index is 14.2. The number of carboxylic acid groups (broad SMARTS) is 1. The number of rotatable bonds is 2. The molecular weight excluding hydrogens is 257 g/mol.